The zero-order valence-corrected chi connectivity index (χ0v) is 11.6. The lowest BCUT2D eigenvalue weighted by molar-refractivity contribution is 0.0952. The van der Waals surface area contributed by atoms with Crippen LogP contribution >= 0.6 is 15.9 Å². The Morgan fingerprint density at radius 3 is 2.89 bits per heavy atom. The van der Waals surface area contributed by atoms with Gasteiger partial charge in [-0.25, -0.2) is 5.43 Å². The number of carbonyl (C=O) groups excluding carboxylic acids is 1. The van der Waals surface area contributed by atoms with Gasteiger partial charge in [0.05, 0.1) is 11.8 Å². The molecule has 2 N–H and O–H groups in total. The summed E-state index contributed by atoms with van der Waals surface area (Å²) in [6.45, 7) is 1.81. The predicted octanol–water partition coefficient (Wildman–Crippen LogP) is 2.82. The molecule has 2 rings (SSSR count). The van der Waals surface area contributed by atoms with Crippen molar-refractivity contribution in [2.24, 2.45) is 5.10 Å². The van der Waals surface area contributed by atoms with Gasteiger partial charge in [0.25, 0.3) is 5.91 Å². The molecule has 0 aliphatic heterocycles. The summed E-state index contributed by atoms with van der Waals surface area (Å²) in [5, 5.41) is 13.3. The van der Waals surface area contributed by atoms with E-state index in [0.29, 0.717) is 10.2 Å². The molecule has 19 heavy (non-hydrogen) atoms. The molecule has 0 saturated carbocycles. The second kappa shape index (κ2) is 5.71. The highest BCUT2D eigenvalue weighted by atomic mass is 79.9. The monoisotopic (exact) mass is 322 g/mol. The molecule has 2 aromatic rings. The van der Waals surface area contributed by atoms with Gasteiger partial charge in [-0.05, 0) is 37.3 Å². The van der Waals surface area contributed by atoms with Crippen molar-refractivity contribution < 1.29 is 14.3 Å². The molecule has 0 aliphatic carbocycles. The summed E-state index contributed by atoms with van der Waals surface area (Å²) < 4.78 is 5.95. The first-order valence-corrected chi connectivity index (χ1v) is 6.24. The Hall–Kier alpha value is -2.08. The number of phenols is 1. The SMILES string of the molecule is Cc1ccc(C=NNC(=O)c2cc(Br)ccc2O)o1. The molecule has 0 bridgehead atoms. The van der Waals surface area contributed by atoms with E-state index in [0.717, 1.165) is 5.76 Å². The fourth-order valence-corrected chi connectivity index (χ4v) is 1.79. The third-order valence-corrected chi connectivity index (χ3v) is 2.82. The van der Waals surface area contributed by atoms with Gasteiger partial charge < -0.3 is 9.52 Å². The van der Waals surface area contributed by atoms with Crippen LogP contribution in [0.3, 0.4) is 0 Å². The number of carbonyl (C=O) groups is 1. The van der Waals surface area contributed by atoms with Crippen LogP contribution in [0.15, 0.2) is 44.3 Å². The highest BCUT2D eigenvalue weighted by Gasteiger charge is 2.10. The normalized spacial score (nSPS) is 10.8. The number of furan rings is 1. The van der Waals surface area contributed by atoms with Crippen molar-refractivity contribution in [3.8, 4) is 5.75 Å². The molecule has 1 amide bonds. The molecule has 0 radical (unpaired) electrons. The van der Waals surface area contributed by atoms with Crippen LogP contribution in [0, 0.1) is 6.92 Å². The van der Waals surface area contributed by atoms with E-state index in [4.69, 9.17) is 4.42 Å². The number of hydrogen-bond donors (Lipinski definition) is 2. The van der Waals surface area contributed by atoms with Gasteiger partial charge in [0.1, 0.15) is 17.3 Å². The number of nitrogens with one attached hydrogen (secondary N) is 1. The van der Waals surface area contributed by atoms with Crippen molar-refractivity contribution in [3.63, 3.8) is 0 Å². The quantitative estimate of drug-likeness (QED) is 0.674. The lowest BCUT2D eigenvalue weighted by atomic mass is 10.2. The Balaban J connectivity index is 2.05. The van der Waals surface area contributed by atoms with Gasteiger partial charge >= 0.3 is 0 Å². The Bertz CT molecular complexity index is 635. The number of hydrazone groups is 1. The Kier molecular flexibility index (Phi) is 4.01. The predicted molar refractivity (Wildman–Crippen MR) is 74.3 cm³/mol. The molecule has 1 heterocycles. The molecule has 1 aromatic heterocycles. The van der Waals surface area contributed by atoms with Crippen molar-refractivity contribution in [1.29, 1.82) is 0 Å². The number of aromatic hydroxyl groups is 1. The number of benzene rings is 1. The van der Waals surface area contributed by atoms with Crippen LogP contribution in [-0.4, -0.2) is 17.2 Å². The molecule has 0 aliphatic rings. The standard InChI is InChI=1S/C13H11BrN2O3/c1-8-2-4-10(19-8)7-15-16-13(18)11-6-9(14)3-5-12(11)17/h2-7,17H,1H3,(H,16,18). The smallest absolute Gasteiger partial charge is 0.275 e. The van der Waals surface area contributed by atoms with Gasteiger partial charge in [-0.1, -0.05) is 15.9 Å². The maximum atomic E-state index is 11.8. The minimum atomic E-state index is -0.502. The summed E-state index contributed by atoms with van der Waals surface area (Å²) in [5.74, 6) is 0.691. The van der Waals surface area contributed by atoms with Gasteiger partial charge in [0, 0.05) is 4.47 Å². The van der Waals surface area contributed by atoms with Gasteiger partial charge in [0.15, 0.2) is 0 Å². The third kappa shape index (κ3) is 3.45. The van der Waals surface area contributed by atoms with Crippen LogP contribution in [0.25, 0.3) is 0 Å². The lowest BCUT2D eigenvalue weighted by Gasteiger charge is -2.03. The molecule has 0 atom stereocenters. The van der Waals surface area contributed by atoms with E-state index >= 15 is 0 Å². The van der Waals surface area contributed by atoms with Crippen LogP contribution in [0.1, 0.15) is 21.9 Å². The van der Waals surface area contributed by atoms with E-state index in [9.17, 15) is 9.90 Å². The van der Waals surface area contributed by atoms with E-state index in [2.05, 4.69) is 26.5 Å². The number of aryl methyl sites for hydroxylation is 1. The summed E-state index contributed by atoms with van der Waals surface area (Å²) in [6.07, 6.45) is 1.39. The second-order valence-corrected chi connectivity index (χ2v) is 4.72. The van der Waals surface area contributed by atoms with Gasteiger partial charge in [0.2, 0.25) is 0 Å². The summed E-state index contributed by atoms with van der Waals surface area (Å²) in [7, 11) is 0. The number of rotatable bonds is 3. The summed E-state index contributed by atoms with van der Waals surface area (Å²) in [6, 6.07) is 8.11. The molecule has 98 valence electrons. The third-order valence-electron chi connectivity index (χ3n) is 2.32. The molecule has 1 aromatic carbocycles. The van der Waals surface area contributed by atoms with Gasteiger partial charge in [-0.15, -0.1) is 0 Å². The average Bonchev–Trinajstić information content (AvgIpc) is 2.78. The van der Waals surface area contributed by atoms with Crippen LogP contribution in [0.5, 0.6) is 5.75 Å². The zero-order chi connectivity index (χ0) is 13.8. The summed E-state index contributed by atoms with van der Waals surface area (Å²) in [5.41, 5.74) is 2.46. The number of phenolic OH excluding ortho intramolecular Hbond substituents is 1. The lowest BCUT2D eigenvalue weighted by Crippen LogP contribution is -2.17. The van der Waals surface area contributed by atoms with E-state index in [-0.39, 0.29) is 11.3 Å². The van der Waals surface area contributed by atoms with Crippen LogP contribution < -0.4 is 5.43 Å². The fourth-order valence-electron chi connectivity index (χ4n) is 1.43. The summed E-state index contributed by atoms with van der Waals surface area (Å²) >= 11 is 3.23. The number of hydrogen-bond acceptors (Lipinski definition) is 4. The number of nitrogens with zero attached hydrogens (tertiary/aromatic N) is 1. The first-order chi connectivity index (χ1) is 9.06. The van der Waals surface area contributed by atoms with Crippen LogP contribution in [0.4, 0.5) is 0 Å². The van der Waals surface area contributed by atoms with Crippen LogP contribution in [-0.2, 0) is 0 Å². The Morgan fingerprint density at radius 2 is 2.21 bits per heavy atom. The Morgan fingerprint density at radius 1 is 1.42 bits per heavy atom. The van der Waals surface area contributed by atoms with E-state index in [1.54, 1.807) is 18.2 Å². The van der Waals surface area contributed by atoms with Gasteiger partial charge in [-0.2, -0.15) is 5.10 Å². The maximum absolute atomic E-state index is 11.8. The van der Waals surface area contributed by atoms with Gasteiger partial charge in [-0.3, -0.25) is 4.79 Å². The number of amides is 1. The minimum Gasteiger partial charge on any atom is -0.507 e. The van der Waals surface area contributed by atoms with Crippen molar-refractivity contribution in [3.05, 3.63) is 51.9 Å². The topological polar surface area (TPSA) is 74.8 Å². The molecule has 0 unspecified atom stereocenters. The summed E-state index contributed by atoms with van der Waals surface area (Å²) in [4.78, 5) is 11.8. The Labute approximate surface area is 118 Å². The zero-order valence-electron chi connectivity index (χ0n) is 10.1. The van der Waals surface area contributed by atoms with Crippen molar-refractivity contribution in [2.75, 3.05) is 0 Å². The first-order valence-electron chi connectivity index (χ1n) is 5.44. The molecular weight excluding hydrogens is 312 g/mol. The molecule has 5 nitrogen and oxygen atoms in total. The van der Waals surface area contributed by atoms with E-state index < -0.39 is 5.91 Å². The van der Waals surface area contributed by atoms with E-state index in [1.807, 2.05) is 6.92 Å². The fraction of sp³-hybridized carbons (Fsp3) is 0.0769. The largest absolute Gasteiger partial charge is 0.507 e. The molecule has 6 heteroatoms. The molecule has 0 saturated heterocycles. The molecule has 0 spiro atoms. The average molecular weight is 323 g/mol. The highest BCUT2D eigenvalue weighted by Crippen LogP contribution is 2.21. The second-order valence-electron chi connectivity index (χ2n) is 3.81. The minimum absolute atomic E-state index is 0.107. The highest BCUT2D eigenvalue weighted by molar-refractivity contribution is 9.10. The first kappa shape index (κ1) is 13.4. The van der Waals surface area contributed by atoms with Crippen LogP contribution in [0.2, 0.25) is 0 Å². The molecular formula is C13H11BrN2O3. The number of halogens is 1. The van der Waals surface area contributed by atoms with Crippen molar-refractivity contribution >= 4 is 28.1 Å². The molecule has 0 fully saturated rings. The van der Waals surface area contributed by atoms with Crippen molar-refractivity contribution in [1.82, 2.24) is 5.43 Å². The maximum Gasteiger partial charge on any atom is 0.275 e. The van der Waals surface area contributed by atoms with E-state index in [1.165, 1.54) is 18.3 Å². The van der Waals surface area contributed by atoms with Crippen molar-refractivity contribution in [2.45, 2.75) is 6.92 Å².